The third-order valence-electron chi connectivity index (χ3n) is 6.65. The maximum atomic E-state index is 12.6. The van der Waals surface area contributed by atoms with Gasteiger partial charge < -0.3 is 15.7 Å². The van der Waals surface area contributed by atoms with Gasteiger partial charge in [0.05, 0.1) is 5.69 Å². The zero-order valence-corrected chi connectivity index (χ0v) is 16.4. The highest BCUT2D eigenvalue weighted by Crippen LogP contribution is 2.61. The molecular formula is C21H28N2O2S. The van der Waals surface area contributed by atoms with Gasteiger partial charge in [0.2, 0.25) is 5.91 Å². The number of phenolic OH excluding ortho intramolecular Hbond substituents is 1. The first-order valence-corrected chi connectivity index (χ1v) is 10.1. The van der Waals surface area contributed by atoms with Crippen molar-refractivity contribution in [2.24, 2.45) is 23.2 Å². The maximum Gasteiger partial charge on any atom is 0.226 e. The molecule has 1 aromatic carbocycles. The van der Waals surface area contributed by atoms with E-state index < -0.39 is 0 Å². The molecular weight excluding hydrogens is 344 g/mol. The maximum absolute atomic E-state index is 12.6. The molecule has 4 aliphatic carbocycles. The Balaban J connectivity index is 1.37. The van der Waals surface area contributed by atoms with Gasteiger partial charge >= 0.3 is 0 Å². The van der Waals surface area contributed by atoms with E-state index in [0.717, 1.165) is 28.9 Å². The molecule has 0 radical (unpaired) electrons. The van der Waals surface area contributed by atoms with E-state index in [-0.39, 0.29) is 22.2 Å². The number of amides is 1. The van der Waals surface area contributed by atoms with Crippen LogP contribution in [0.15, 0.2) is 12.1 Å². The van der Waals surface area contributed by atoms with Gasteiger partial charge in [-0.1, -0.05) is 6.07 Å². The molecule has 0 aliphatic heterocycles. The van der Waals surface area contributed by atoms with Gasteiger partial charge in [-0.05, 0) is 105 Å². The minimum absolute atomic E-state index is 0.00770. The van der Waals surface area contributed by atoms with Gasteiger partial charge in [-0.25, -0.2) is 0 Å². The number of hydrogen-bond acceptors (Lipinski definition) is 3. The van der Waals surface area contributed by atoms with Gasteiger partial charge in [0, 0.05) is 6.42 Å². The van der Waals surface area contributed by atoms with Crippen LogP contribution in [0.25, 0.3) is 0 Å². The summed E-state index contributed by atoms with van der Waals surface area (Å²) >= 11 is 5.31. The molecule has 5 heteroatoms. The predicted octanol–water partition coefficient (Wildman–Crippen LogP) is 4.43. The zero-order valence-electron chi connectivity index (χ0n) is 15.6. The lowest BCUT2D eigenvalue weighted by Crippen LogP contribution is -2.48. The molecule has 4 aliphatic rings. The minimum Gasteiger partial charge on any atom is -0.505 e. The third kappa shape index (κ3) is 3.46. The van der Waals surface area contributed by atoms with Crippen LogP contribution in [0, 0.1) is 37.0 Å². The molecule has 4 saturated carbocycles. The Morgan fingerprint density at radius 2 is 1.73 bits per heavy atom. The number of benzene rings is 1. The van der Waals surface area contributed by atoms with Crippen molar-refractivity contribution >= 4 is 28.9 Å². The summed E-state index contributed by atoms with van der Waals surface area (Å²) in [5.41, 5.74) is 2.57. The number of carbonyl (C=O) groups excluding carboxylic acids is 1. The van der Waals surface area contributed by atoms with Crippen LogP contribution in [-0.2, 0) is 4.79 Å². The number of aromatic hydroxyl groups is 1. The molecule has 0 unspecified atom stereocenters. The number of phenols is 1. The molecule has 26 heavy (non-hydrogen) atoms. The molecule has 4 fully saturated rings. The molecule has 0 heterocycles. The highest BCUT2D eigenvalue weighted by Gasteiger charge is 2.51. The Kier molecular flexibility index (Phi) is 4.46. The van der Waals surface area contributed by atoms with Crippen LogP contribution in [0.1, 0.15) is 56.1 Å². The van der Waals surface area contributed by atoms with Crippen LogP contribution in [0.4, 0.5) is 5.69 Å². The quantitative estimate of drug-likeness (QED) is 0.543. The van der Waals surface area contributed by atoms with Crippen molar-refractivity contribution in [2.45, 2.75) is 58.8 Å². The fourth-order valence-electron chi connectivity index (χ4n) is 6.23. The average Bonchev–Trinajstić information content (AvgIpc) is 2.49. The van der Waals surface area contributed by atoms with Crippen molar-refractivity contribution in [3.8, 4) is 5.75 Å². The van der Waals surface area contributed by atoms with Gasteiger partial charge in [-0.3, -0.25) is 4.79 Å². The number of rotatable bonds is 3. The summed E-state index contributed by atoms with van der Waals surface area (Å²) in [7, 11) is 0. The Bertz CT molecular complexity index is 723. The van der Waals surface area contributed by atoms with E-state index in [4.69, 9.17) is 12.2 Å². The van der Waals surface area contributed by atoms with Gasteiger partial charge in [0.1, 0.15) is 5.75 Å². The van der Waals surface area contributed by atoms with Crippen molar-refractivity contribution in [2.75, 3.05) is 5.32 Å². The lowest BCUT2D eigenvalue weighted by atomic mass is 9.49. The molecule has 0 atom stereocenters. The first-order valence-electron chi connectivity index (χ1n) is 9.73. The molecule has 4 nitrogen and oxygen atoms in total. The van der Waals surface area contributed by atoms with Crippen LogP contribution in [0.3, 0.4) is 0 Å². The third-order valence-corrected chi connectivity index (χ3v) is 6.85. The van der Waals surface area contributed by atoms with E-state index >= 15 is 0 Å². The molecule has 140 valence electrons. The normalized spacial score (nSPS) is 31.7. The van der Waals surface area contributed by atoms with Gasteiger partial charge in [0.25, 0.3) is 0 Å². The van der Waals surface area contributed by atoms with Crippen molar-refractivity contribution in [1.29, 1.82) is 0 Å². The second-order valence-corrected chi connectivity index (χ2v) is 9.48. The summed E-state index contributed by atoms with van der Waals surface area (Å²) in [4.78, 5) is 12.6. The van der Waals surface area contributed by atoms with Crippen molar-refractivity contribution in [3.63, 3.8) is 0 Å². The molecule has 4 bridgehead atoms. The monoisotopic (exact) mass is 372 g/mol. The predicted molar refractivity (Wildman–Crippen MR) is 107 cm³/mol. The summed E-state index contributed by atoms with van der Waals surface area (Å²) in [5.74, 6) is 2.70. The fraction of sp³-hybridized carbons (Fsp3) is 0.619. The first kappa shape index (κ1) is 17.8. The number of nitrogens with one attached hydrogen (secondary N) is 2. The Hall–Kier alpha value is -1.62. The minimum atomic E-state index is 0.00770. The number of anilines is 1. The summed E-state index contributed by atoms with van der Waals surface area (Å²) in [5, 5.41) is 16.3. The van der Waals surface area contributed by atoms with Crippen molar-refractivity contribution in [3.05, 3.63) is 23.3 Å². The molecule has 1 aromatic rings. The van der Waals surface area contributed by atoms with Crippen molar-refractivity contribution < 1.29 is 9.90 Å². The van der Waals surface area contributed by atoms with Crippen LogP contribution < -0.4 is 10.6 Å². The Morgan fingerprint density at radius 3 is 2.31 bits per heavy atom. The highest BCUT2D eigenvalue weighted by molar-refractivity contribution is 7.80. The number of hydrogen-bond donors (Lipinski definition) is 3. The lowest BCUT2D eigenvalue weighted by Gasteiger charge is -2.56. The van der Waals surface area contributed by atoms with Crippen LogP contribution >= 0.6 is 12.2 Å². The molecule has 1 amide bonds. The largest absolute Gasteiger partial charge is 0.505 e. The summed E-state index contributed by atoms with van der Waals surface area (Å²) in [6.07, 6.45) is 8.36. The molecule has 0 aromatic heterocycles. The first-order chi connectivity index (χ1) is 12.3. The summed E-state index contributed by atoms with van der Waals surface area (Å²) in [6.45, 7) is 3.81. The van der Waals surface area contributed by atoms with E-state index in [1.165, 1.54) is 38.5 Å². The van der Waals surface area contributed by atoms with Crippen molar-refractivity contribution in [1.82, 2.24) is 5.32 Å². The summed E-state index contributed by atoms with van der Waals surface area (Å²) in [6, 6.07) is 3.75. The molecule has 5 rings (SSSR count). The lowest BCUT2D eigenvalue weighted by molar-refractivity contribution is -0.127. The van der Waals surface area contributed by atoms with Crippen LogP contribution in [-0.4, -0.2) is 16.1 Å². The average molecular weight is 373 g/mol. The smallest absolute Gasteiger partial charge is 0.226 e. The van der Waals surface area contributed by atoms with E-state index in [2.05, 4.69) is 10.6 Å². The van der Waals surface area contributed by atoms with Gasteiger partial charge in [0.15, 0.2) is 5.11 Å². The van der Waals surface area contributed by atoms with Gasteiger partial charge in [-0.15, -0.1) is 0 Å². The number of thiocarbonyl (C=S) groups is 1. The zero-order chi connectivity index (χ0) is 18.5. The Morgan fingerprint density at radius 1 is 1.15 bits per heavy atom. The topological polar surface area (TPSA) is 61.4 Å². The van der Waals surface area contributed by atoms with E-state index in [0.29, 0.717) is 12.1 Å². The second kappa shape index (κ2) is 6.52. The second-order valence-electron chi connectivity index (χ2n) is 9.07. The van der Waals surface area contributed by atoms with Gasteiger partial charge in [-0.2, -0.15) is 0 Å². The highest BCUT2D eigenvalue weighted by atomic mass is 32.1. The van der Waals surface area contributed by atoms with E-state index in [1.807, 2.05) is 26.0 Å². The van der Waals surface area contributed by atoms with Crippen LogP contribution in [0.2, 0.25) is 0 Å². The SMILES string of the molecule is Cc1cc(C)c(O)c(NC(=S)NC(=O)CC23CC4CC(CC(C4)C2)C3)c1. The number of aryl methyl sites for hydroxylation is 2. The molecule has 0 saturated heterocycles. The van der Waals surface area contributed by atoms with E-state index in [9.17, 15) is 9.90 Å². The number of carbonyl (C=O) groups is 1. The van der Waals surface area contributed by atoms with E-state index in [1.54, 1.807) is 0 Å². The molecule has 0 spiro atoms. The fourth-order valence-corrected chi connectivity index (χ4v) is 6.45. The van der Waals surface area contributed by atoms with Crippen LogP contribution in [0.5, 0.6) is 5.75 Å². The summed E-state index contributed by atoms with van der Waals surface area (Å²) < 4.78 is 0. The molecule has 3 N–H and O–H groups in total. The Labute approximate surface area is 160 Å². The standard InChI is InChI=1S/C21H28N2O2S/c1-12-3-13(2)19(25)17(4-12)22-20(26)23-18(24)11-21-8-14-5-15(9-21)7-16(6-14)10-21/h3-4,14-16,25H,5-11H2,1-2H3,(H2,22,23,24,26).